The van der Waals surface area contributed by atoms with E-state index >= 15 is 0 Å². The first-order valence-corrected chi connectivity index (χ1v) is 9.80. The summed E-state index contributed by atoms with van der Waals surface area (Å²) in [5.74, 6) is 1.41. The molecule has 3 aromatic rings. The molecule has 26 heavy (non-hydrogen) atoms. The molecule has 130 valence electrons. The lowest BCUT2D eigenvalue weighted by Gasteiger charge is -2.09. The molecule has 2 aromatic heterocycles. The molecule has 3 nitrogen and oxygen atoms in total. The van der Waals surface area contributed by atoms with Crippen LogP contribution in [0.25, 0.3) is 11.3 Å². The fraction of sp³-hybridized carbons (Fsp3) is 0.238. The molecule has 0 aliphatic heterocycles. The van der Waals surface area contributed by atoms with Crippen LogP contribution in [0.2, 0.25) is 5.02 Å². The highest BCUT2D eigenvalue weighted by molar-refractivity contribution is 7.16. The van der Waals surface area contributed by atoms with E-state index in [0.717, 1.165) is 51.7 Å². The average Bonchev–Trinajstić information content (AvgIpc) is 3.26. The van der Waals surface area contributed by atoms with Gasteiger partial charge in [-0.2, -0.15) is 5.26 Å². The monoisotopic (exact) mass is 380 g/mol. The molecule has 1 aliphatic rings. The number of hydrogen-bond donors (Lipinski definition) is 0. The Balaban J connectivity index is 1.61. The maximum absolute atomic E-state index is 9.51. The van der Waals surface area contributed by atoms with Crippen LogP contribution in [-0.2, 0) is 12.8 Å². The van der Waals surface area contributed by atoms with Crippen molar-refractivity contribution < 1.29 is 4.42 Å². The van der Waals surface area contributed by atoms with E-state index < -0.39 is 0 Å². The van der Waals surface area contributed by atoms with E-state index in [4.69, 9.17) is 16.0 Å². The van der Waals surface area contributed by atoms with Gasteiger partial charge in [0, 0.05) is 15.5 Å². The Hall–Kier alpha value is -2.35. The fourth-order valence-corrected chi connectivity index (χ4v) is 4.57. The number of nitrogens with zero attached hydrogens (tertiary/aromatic N) is 2. The second-order valence-corrected chi connectivity index (χ2v) is 7.92. The number of aryl methyl sites for hydroxylation is 2. The maximum Gasteiger partial charge on any atom is 0.145 e. The molecule has 0 spiro atoms. The van der Waals surface area contributed by atoms with Gasteiger partial charge in [-0.3, -0.25) is 0 Å². The van der Waals surface area contributed by atoms with Crippen LogP contribution in [0.5, 0.6) is 0 Å². The van der Waals surface area contributed by atoms with Crippen molar-refractivity contribution in [3.05, 3.63) is 62.7 Å². The number of fused-ring (bicyclic) bond motifs is 1. The van der Waals surface area contributed by atoms with E-state index in [1.807, 2.05) is 37.3 Å². The highest BCUT2D eigenvalue weighted by Gasteiger charge is 2.20. The van der Waals surface area contributed by atoms with Crippen LogP contribution in [0.15, 0.2) is 39.7 Å². The van der Waals surface area contributed by atoms with E-state index in [-0.39, 0.29) is 0 Å². The number of nitriles is 1. The van der Waals surface area contributed by atoms with Crippen molar-refractivity contribution in [2.75, 3.05) is 0 Å². The highest BCUT2D eigenvalue weighted by atomic mass is 35.5. The van der Waals surface area contributed by atoms with Gasteiger partial charge in [0.25, 0.3) is 0 Å². The summed E-state index contributed by atoms with van der Waals surface area (Å²) < 4.78 is 5.88. The summed E-state index contributed by atoms with van der Waals surface area (Å²) >= 11 is 7.83. The molecular formula is C21H17ClN2OS. The van der Waals surface area contributed by atoms with Gasteiger partial charge in [0.05, 0.1) is 11.8 Å². The Labute approximate surface area is 161 Å². The zero-order valence-electron chi connectivity index (χ0n) is 14.4. The topological polar surface area (TPSA) is 49.3 Å². The summed E-state index contributed by atoms with van der Waals surface area (Å²) in [5.41, 5.74) is 3.90. The van der Waals surface area contributed by atoms with Crippen molar-refractivity contribution in [2.45, 2.75) is 32.6 Å². The first-order chi connectivity index (χ1) is 12.7. The van der Waals surface area contributed by atoms with Crippen LogP contribution in [0.1, 0.15) is 40.2 Å². The van der Waals surface area contributed by atoms with Crippen LogP contribution in [-0.4, -0.2) is 6.21 Å². The number of thiophene rings is 1. The van der Waals surface area contributed by atoms with E-state index in [0.29, 0.717) is 5.76 Å². The van der Waals surface area contributed by atoms with Gasteiger partial charge < -0.3 is 4.42 Å². The summed E-state index contributed by atoms with van der Waals surface area (Å²) in [4.78, 5) is 5.86. The van der Waals surface area contributed by atoms with Gasteiger partial charge in [-0.15, -0.1) is 11.3 Å². The number of benzene rings is 1. The molecular weight excluding hydrogens is 364 g/mol. The smallest absolute Gasteiger partial charge is 0.145 e. The summed E-state index contributed by atoms with van der Waals surface area (Å²) in [7, 11) is 0. The standard InChI is InChI=1S/C21H17ClN2OS/c1-13-6-7-14(10-18(13)22)19-9-8-15(25-19)12-24-21-17(11-23)16-4-2-3-5-20(16)26-21/h6-10,12H,2-5H2,1H3. The molecule has 0 saturated heterocycles. The Morgan fingerprint density at radius 1 is 1.23 bits per heavy atom. The van der Waals surface area contributed by atoms with E-state index in [1.165, 1.54) is 16.9 Å². The van der Waals surface area contributed by atoms with Gasteiger partial charge in [0.1, 0.15) is 22.6 Å². The van der Waals surface area contributed by atoms with Gasteiger partial charge in [0.15, 0.2) is 0 Å². The normalized spacial score (nSPS) is 13.7. The Morgan fingerprint density at radius 2 is 2.08 bits per heavy atom. The van der Waals surface area contributed by atoms with E-state index in [9.17, 15) is 5.26 Å². The molecule has 0 bridgehead atoms. The predicted molar refractivity (Wildman–Crippen MR) is 107 cm³/mol. The maximum atomic E-state index is 9.51. The average molecular weight is 381 g/mol. The summed E-state index contributed by atoms with van der Waals surface area (Å²) in [6.45, 7) is 1.97. The SMILES string of the molecule is Cc1ccc(-c2ccc(C=Nc3sc4c(c3C#N)CCCC4)o2)cc1Cl. The summed E-state index contributed by atoms with van der Waals surface area (Å²) in [5, 5.41) is 11.0. The Kier molecular flexibility index (Phi) is 4.67. The molecule has 0 atom stereocenters. The van der Waals surface area contributed by atoms with Crippen molar-refractivity contribution in [3.8, 4) is 17.4 Å². The van der Waals surface area contributed by atoms with Gasteiger partial charge in [-0.05, 0) is 61.9 Å². The van der Waals surface area contributed by atoms with Gasteiger partial charge in [-0.25, -0.2) is 4.99 Å². The Bertz CT molecular complexity index is 1040. The van der Waals surface area contributed by atoms with Crippen molar-refractivity contribution in [1.29, 1.82) is 5.26 Å². The lowest BCUT2D eigenvalue weighted by Crippen LogP contribution is -1.99. The third-order valence-corrected chi connectivity index (χ3v) is 6.26. The first kappa shape index (κ1) is 17.1. The second kappa shape index (κ2) is 7.11. The molecule has 2 heterocycles. The van der Waals surface area contributed by atoms with Crippen LogP contribution in [0.4, 0.5) is 5.00 Å². The van der Waals surface area contributed by atoms with E-state index in [2.05, 4.69) is 11.1 Å². The van der Waals surface area contributed by atoms with Crippen LogP contribution in [0.3, 0.4) is 0 Å². The number of halogens is 1. The number of aliphatic imine (C=N–C) groups is 1. The fourth-order valence-electron chi connectivity index (χ4n) is 3.20. The molecule has 4 rings (SSSR count). The molecule has 1 aromatic carbocycles. The number of furan rings is 1. The Morgan fingerprint density at radius 3 is 2.88 bits per heavy atom. The first-order valence-electron chi connectivity index (χ1n) is 8.61. The minimum atomic E-state index is 0.659. The molecule has 0 amide bonds. The van der Waals surface area contributed by atoms with Crippen molar-refractivity contribution >= 4 is 34.2 Å². The van der Waals surface area contributed by atoms with Crippen LogP contribution < -0.4 is 0 Å². The highest BCUT2D eigenvalue weighted by Crippen LogP contribution is 2.39. The molecule has 5 heteroatoms. The zero-order chi connectivity index (χ0) is 18.1. The zero-order valence-corrected chi connectivity index (χ0v) is 16.0. The van der Waals surface area contributed by atoms with Gasteiger partial charge in [0.2, 0.25) is 0 Å². The van der Waals surface area contributed by atoms with Crippen molar-refractivity contribution in [1.82, 2.24) is 0 Å². The molecule has 0 radical (unpaired) electrons. The van der Waals surface area contributed by atoms with Gasteiger partial charge >= 0.3 is 0 Å². The quantitative estimate of drug-likeness (QED) is 0.489. The van der Waals surface area contributed by atoms with E-state index in [1.54, 1.807) is 17.6 Å². The predicted octanol–water partition coefficient (Wildman–Crippen LogP) is 6.47. The van der Waals surface area contributed by atoms with Crippen LogP contribution >= 0.6 is 22.9 Å². The summed E-state index contributed by atoms with van der Waals surface area (Å²) in [6, 6.07) is 12.0. The minimum Gasteiger partial charge on any atom is -0.455 e. The molecule has 0 unspecified atom stereocenters. The second-order valence-electron chi connectivity index (χ2n) is 6.43. The molecule has 0 fully saturated rings. The number of hydrogen-bond acceptors (Lipinski definition) is 4. The minimum absolute atomic E-state index is 0.659. The summed E-state index contributed by atoms with van der Waals surface area (Å²) in [6.07, 6.45) is 6.09. The molecule has 0 N–H and O–H groups in total. The molecule has 1 aliphatic carbocycles. The van der Waals surface area contributed by atoms with Crippen molar-refractivity contribution in [2.24, 2.45) is 4.99 Å². The number of rotatable bonds is 3. The largest absolute Gasteiger partial charge is 0.455 e. The molecule has 0 saturated carbocycles. The van der Waals surface area contributed by atoms with Crippen molar-refractivity contribution in [3.63, 3.8) is 0 Å². The van der Waals surface area contributed by atoms with Crippen LogP contribution in [0, 0.1) is 18.3 Å². The lowest BCUT2D eigenvalue weighted by atomic mass is 9.96. The van der Waals surface area contributed by atoms with Gasteiger partial charge in [-0.1, -0.05) is 23.7 Å². The third-order valence-electron chi connectivity index (χ3n) is 4.66. The third kappa shape index (κ3) is 3.21. The lowest BCUT2D eigenvalue weighted by molar-refractivity contribution is 0.575.